The summed E-state index contributed by atoms with van der Waals surface area (Å²) in [6.07, 6.45) is 4.66. The first kappa shape index (κ1) is 6.36. The number of rotatable bonds is 0. The molecule has 0 spiro atoms. The fourth-order valence-corrected chi connectivity index (χ4v) is 0.940. The molecule has 0 bridgehead atoms. The first-order valence-corrected chi connectivity index (χ1v) is 3.42. The van der Waals surface area contributed by atoms with E-state index >= 15 is 0 Å². The van der Waals surface area contributed by atoms with Gasteiger partial charge in [0.2, 0.25) is 0 Å². The third-order valence-electron chi connectivity index (χ3n) is 1.26. The first-order chi connectivity index (χ1) is 5.36. The van der Waals surface area contributed by atoms with Crippen LogP contribution in [0.4, 0.5) is 0 Å². The Labute approximate surface area is 67.4 Å². The van der Waals surface area contributed by atoms with Crippen molar-refractivity contribution in [2.45, 2.75) is 0 Å². The van der Waals surface area contributed by atoms with Crippen LogP contribution < -0.4 is 0 Å². The van der Waals surface area contributed by atoms with Crippen LogP contribution in [0.15, 0.2) is 18.7 Å². The number of hydrogen-bond donors (Lipinski definition) is 1. The molecule has 2 heterocycles. The van der Waals surface area contributed by atoms with Gasteiger partial charge in [0.1, 0.15) is 16.5 Å². The van der Waals surface area contributed by atoms with Gasteiger partial charge >= 0.3 is 0 Å². The van der Waals surface area contributed by atoms with E-state index in [1.54, 1.807) is 12.4 Å². The highest BCUT2D eigenvalue weighted by molar-refractivity contribution is 7.71. The summed E-state index contributed by atoms with van der Waals surface area (Å²) in [5.74, 6) is 0. The molecule has 0 amide bonds. The molecule has 0 saturated heterocycles. The normalized spacial score (nSPS) is 10.2. The van der Waals surface area contributed by atoms with Crippen molar-refractivity contribution in [3.63, 3.8) is 0 Å². The Kier molecular flexibility index (Phi) is 1.36. The summed E-state index contributed by atoms with van der Waals surface area (Å²) in [4.78, 5) is 14.7. The van der Waals surface area contributed by atoms with Gasteiger partial charge in [0, 0.05) is 0 Å². The first-order valence-electron chi connectivity index (χ1n) is 3.01. The van der Waals surface area contributed by atoms with E-state index in [-0.39, 0.29) is 0 Å². The standard InChI is InChI=1S/C6H4N4S/c11-5-2-8-4-1-7-3-9-6(4)10-5/h1-3H,(H,7,9,10,11). The lowest BCUT2D eigenvalue weighted by molar-refractivity contribution is 1.14. The lowest BCUT2D eigenvalue weighted by Gasteiger charge is -1.91. The number of fused-ring (bicyclic) bond motifs is 1. The lowest BCUT2D eigenvalue weighted by atomic mass is 10.5. The third kappa shape index (κ3) is 1.10. The second-order valence-corrected chi connectivity index (χ2v) is 2.44. The Morgan fingerprint density at radius 2 is 2.18 bits per heavy atom. The van der Waals surface area contributed by atoms with E-state index in [9.17, 15) is 0 Å². The number of aromatic nitrogens is 4. The van der Waals surface area contributed by atoms with Crippen molar-refractivity contribution in [3.8, 4) is 0 Å². The number of nitrogens with one attached hydrogen (secondary N) is 1. The van der Waals surface area contributed by atoms with Crippen molar-refractivity contribution in [2.75, 3.05) is 0 Å². The Morgan fingerprint density at radius 1 is 1.27 bits per heavy atom. The van der Waals surface area contributed by atoms with Crippen LogP contribution in [0.25, 0.3) is 11.2 Å². The van der Waals surface area contributed by atoms with Crippen LogP contribution >= 0.6 is 12.2 Å². The highest BCUT2D eigenvalue weighted by Crippen LogP contribution is 1.99. The number of hydrogen-bond acceptors (Lipinski definition) is 4. The topological polar surface area (TPSA) is 54.5 Å². The highest BCUT2D eigenvalue weighted by atomic mass is 32.1. The van der Waals surface area contributed by atoms with E-state index in [4.69, 9.17) is 12.2 Å². The SMILES string of the molecule is S=c1cnc2cncnc2[nH]1. The zero-order chi connectivity index (χ0) is 7.68. The van der Waals surface area contributed by atoms with Gasteiger partial charge in [-0.15, -0.1) is 0 Å². The highest BCUT2D eigenvalue weighted by Gasteiger charge is 1.91. The van der Waals surface area contributed by atoms with Crippen LogP contribution in [0, 0.1) is 4.64 Å². The third-order valence-corrected chi connectivity index (χ3v) is 1.46. The average molecular weight is 164 g/mol. The molecule has 0 fully saturated rings. The fourth-order valence-electron chi connectivity index (χ4n) is 0.790. The molecule has 0 aliphatic heterocycles. The van der Waals surface area contributed by atoms with E-state index in [1.165, 1.54) is 6.33 Å². The lowest BCUT2D eigenvalue weighted by Crippen LogP contribution is -1.87. The van der Waals surface area contributed by atoms with E-state index in [0.717, 1.165) is 5.52 Å². The summed E-state index contributed by atoms with van der Waals surface area (Å²) in [5.41, 5.74) is 1.40. The molecule has 2 rings (SSSR count). The van der Waals surface area contributed by atoms with Crippen molar-refractivity contribution < 1.29 is 0 Å². The Hall–Kier alpha value is -1.36. The molecule has 0 aliphatic rings. The van der Waals surface area contributed by atoms with Crippen LogP contribution in [0.1, 0.15) is 0 Å². The van der Waals surface area contributed by atoms with Crippen molar-refractivity contribution in [1.29, 1.82) is 0 Å². The fraction of sp³-hybridized carbons (Fsp3) is 0. The van der Waals surface area contributed by atoms with E-state index in [0.29, 0.717) is 10.3 Å². The summed E-state index contributed by atoms with van der Waals surface area (Å²) in [5, 5.41) is 0. The van der Waals surface area contributed by atoms with Gasteiger partial charge < -0.3 is 4.98 Å². The predicted octanol–water partition coefficient (Wildman–Crippen LogP) is 1.08. The maximum absolute atomic E-state index is 4.86. The van der Waals surface area contributed by atoms with E-state index in [2.05, 4.69) is 19.9 Å². The van der Waals surface area contributed by atoms with Crippen molar-refractivity contribution in [1.82, 2.24) is 19.9 Å². The molecule has 0 aromatic carbocycles. The molecule has 54 valence electrons. The molecule has 1 N–H and O–H groups in total. The van der Waals surface area contributed by atoms with Crippen LogP contribution in [-0.4, -0.2) is 19.9 Å². The smallest absolute Gasteiger partial charge is 0.160 e. The quantitative estimate of drug-likeness (QED) is 0.592. The van der Waals surface area contributed by atoms with Crippen LogP contribution in [0.3, 0.4) is 0 Å². The largest absolute Gasteiger partial charge is 0.328 e. The summed E-state index contributed by atoms with van der Waals surface area (Å²) in [6, 6.07) is 0. The van der Waals surface area contributed by atoms with Gasteiger partial charge in [-0.1, -0.05) is 12.2 Å². The van der Waals surface area contributed by atoms with Gasteiger partial charge in [0.25, 0.3) is 0 Å². The Balaban J connectivity index is 2.94. The van der Waals surface area contributed by atoms with Crippen LogP contribution in [0.2, 0.25) is 0 Å². The molecule has 0 radical (unpaired) electrons. The zero-order valence-electron chi connectivity index (χ0n) is 5.48. The van der Waals surface area contributed by atoms with Crippen molar-refractivity contribution in [2.24, 2.45) is 0 Å². The Bertz CT molecular complexity index is 436. The number of H-pyrrole nitrogens is 1. The van der Waals surface area contributed by atoms with Gasteiger partial charge in [-0.05, 0) is 0 Å². The molecule has 4 nitrogen and oxygen atoms in total. The summed E-state index contributed by atoms with van der Waals surface area (Å²) >= 11 is 4.86. The minimum atomic E-state index is 0.580. The minimum absolute atomic E-state index is 0.580. The molecular formula is C6H4N4S. The average Bonchev–Trinajstić information content (AvgIpc) is 2.04. The second-order valence-electron chi connectivity index (χ2n) is 2.00. The van der Waals surface area contributed by atoms with Crippen molar-refractivity contribution in [3.05, 3.63) is 23.4 Å². The molecule has 0 atom stereocenters. The molecule has 5 heteroatoms. The molecular weight excluding hydrogens is 160 g/mol. The molecule has 11 heavy (non-hydrogen) atoms. The minimum Gasteiger partial charge on any atom is -0.328 e. The maximum Gasteiger partial charge on any atom is 0.160 e. The maximum atomic E-state index is 4.86. The predicted molar refractivity (Wildman–Crippen MR) is 42.5 cm³/mol. The van der Waals surface area contributed by atoms with Gasteiger partial charge in [-0.25, -0.2) is 15.0 Å². The summed E-state index contributed by atoms with van der Waals surface area (Å²) in [6.45, 7) is 0. The van der Waals surface area contributed by atoms with E-state index < -0.39 is 0 Å². The molecule has 0 aliphatic carbocycles. The van der Waals surface area contributed by atoms with E-state index in [1.807, 2.05) is 0 Å². The van der Waals surface area contributed by atoms with Crippen LogP contribution in [0.5, 0.6) is 0 Å². The second kappa shape index (κ2) is 2.35. The summed E-state index contributed by atoms with van der Waals surface area (Å²) < 4.78 is 0.580. The molecule has 2 aromatic heterocycles. The number of aromatic amines is 1. The van der Waals surface area contributed by atoms with Gasteiger partial charge in [-0.3, -0.25) is 0 Å². The molecule has 0 unspecified atom stereocenters. The van der Waals surface area contributed by atoms with Crippen molar-refractivity contribution >= 4 is 23.4 Å². The van der Waals surface area contributed by atoms with Gasteiger partial charge in [-0.2, -0.15) is 0 Å². The molecule has 2 aromatic rings. The Morgan fingerprint density at radius 3 is 3.09 bits per heavy atom. The van der Waals surface area contributed by atoms with Crippen LogP contribution in [-0.2, 0) is 0 Å². The van der Waals surface area contributed by atoms with Gasteiger partial charge in [0.05, 0.1) is 12.4 Å². The molecule has 0 saturated carbocycles. The zero-order valence-corrected chi connectivity index (χ0v) is 6.30. The van der Waals surface area contributed by atoms with Gasteiger partial charge in [0.15, 0.2) is 5.65 Å². The number of nitrogens with zero attached hydrogens (tertiary/aromatic N) is 3. The summed E-state index contributed by atoms with van der Waals surface area (Å²) in [7, 11) is 0. The monoisotopic (exact) mass is 164 g/mol.